The molecule has 0 aliphatic rings. The minimum absolute atomic E-state index is 0.00675. The summed E-state index contributed by atoms with van der Waals surface area (Å²) in [5, 5.41) is 116. The minimum Gasteiger partial charge on any atom is -0.480 e. The average Bonchev–Trinajstić information content (AvgIpc) is 0.845. The maximum Gasteiger partial charge on any atom is 0.326 e. The Bertz CT molecular complexity index is 4750. The predicted octanol–water partition coefficient (Wildman–Crippen LogP) is -12.1. The number of primary amides is 2. The van der Waals surface area contributed by atoms with Crippen molar-refractivity contribution in [3.63, 3.8) is 0 Å². The lowest BCUT2D eigenvalue weighted by atomic mass is 10.0. The van der Waals surface area contributed by atoms with E-state index in [1.54, 1.807) is 73.8 Å². The Balaban J connectivity index is 2.38. The Kier molecular flexibility index (Phi) is 63.6. The van der Waals surface area contributed by atoms with Crippen LogP contribution in [0.5, 0.6) is 0 Å². The van der Waals surface area contributed by atoms with Crippen LogP contribution in [0.1, 0.15) is 175 Å². The summed E-state index contributed by atoms with van der Waals surface area (Å²) in [6, 6.07) is -10.9. The number of carbonyl (C=O) groups excluding carboxylic acids is 20. The van der Waals surface area contributed by atoms with Crippen LogP contribution in [0.2, 0.25) is 0 Å². The molecule has 57 heteroatoms. The number of guanidine groups is 2. The van der Waals surface area contributed by atoms with Crippen LogP contribution in [-0.2, 0) is 114 Å². The van der Waals surface area contributed by atoms with Gasteiger partial charge in [0.2, 0.25) is 118 Å². The molecule has 0 aliphatic heterocycles. The van der Waals surface area contributed by atoms with E-state index in [4.69, 9.17) is 56.7 Å². The van der Waals surface area contributed by atoms with Gasteiger partial charge in [-0.25, -0.2) is 4.79 Å². The number of thioether (sulfide) groups is 1. The molecule has 2 rings (SSSR count). The molecule has 0 aliphatic carbocycles. The third-order valence-electron chi connectivity index (χ3n) is 23.0. The Morgan fingerprint density at radius 3 is 1.06 bits per heavy atom. The first kappa shape index (κ1) is 132. The van der Waals surface area contributed by atoms with Crippen LogP contribution >= 0.6 is 11.8 Å². The van der Waals surface area contributed by atoms with E-state index in [2.05, 4.69) is 106 Å². The van der Waals surface area contributed by atoms with Crippen LogP contribution in [-0.4, -0.2) is 348 Å². The number of carbonyl (C=O) groups is 21. The molecule has 0 bridgehead atoms. The number of aliphatic carboxylic acids is 1. The normalized spacial score (nSPS) is 14.9. The highest BCUT2D eigenvalue weighted by Crippen LogP contribution is 2.16. The van der Waals surface area contributed by atoms with Crippen molar-refractivity contribution in [1.29, 1.82) is 10.8 Å². The fourth-order valence-corrected chi connectivity index (χ4v) is 15.0. The largest absolute Gasteiger partial charge is 0.480 e. The summed E-state index contributed by atoms with van der Waals surface area (Å²) < 4.78 is 0. The average molecular weight is 2140 g/mol. The van der Waals surface area contributed by atoms with E-state index in [0.29, 0.717) is 30.4 Å². The summed E-state index contributed by atoms with van der Waals surface area (Å²) in [5.41, 5.74) is 45.8. The molecular formula is C93H156N30O26S. The van der Waals surface area contributed by atoms with Crippen LogP contribution < -0.4 is 152 Å². The molecule has 43 N–H and O–H groups in total. The van der Waals surface area contributed by atoms with Gasteiger partial charge in [-0.1, -0.05) is 87.9 Å². The highest BCUT2D eigenvalue weighted by Gasteiger charge is 2.41. The van der Waals surface area contributed by atoms with E-state index < -0.39 is 302 Å². The molecule has 840 valence electrons. The van der Waals surface area contributed by atoms with E-state index >= 15 is 0 Å². The fraction of sp³-hybridized carbons (Fsp3) is 0.624. The van der Waals surface area contributed by atoms with Crippen molar-refractivity contribution < 1.29 is 126 Å². The molecule has 0 heterocycles. The van der Waals surface area contributed by atoms with Gasteiger partial charge in [-0.15, -0.1) is 0 Å². The molecule has 2 aromatic rings. The maximum absolute atomic E-state index is 14.6. The van der Waals surface area contributed by atoms with Crippen molar-refractivity contribution in [2.75, 3.05) is 71.0 Å². The van der Waals surface area contributed by atoms with Crippen molar-refractivity contribution in [3.05, 3.63) is 71.8 Å². The summed E-state index contributed by atoms with van der Waals surface area (Å²) in [7, 11) is 0. The van der Waals surface area contributed by atoms with Gasteiger partial charge in [-0.3, -0.25) is 107 Å². The molecule has 0 fully saturated rings. The van der Waals surface area contributed by atoms with Crippen molar-refractivity contribution in [3.8, 4) is 0 Å². The van der Waals surface area contributed by atoms with Crippen LogP contribution in [0.3, 0.4) is 0 Å². The molecule has 0 unspecified atom stereocenters. The van der Waals surface area contributed by atoms with E-state index in [-0.39, 0.29) is 135 Å². The van der Waals surface area contributed by atoms with E-state index in [9.17, 15) is 126 Å². The van der Waals surface area contributed by atoms with E-state index in [1.165, 1.54) is 32.5 Å². The second-order valence-electron chi connectivity index (χ2n) is 36.0. The molecule has 56 nitrogen and oxygen atoms in total. The molecule has 0 spiro atoms. The van der Waals surface area contributed by atoms with Gasteiger partial charge >= 0.3 is 5.97 Å². The molecule has 0 saturated heterocycles. The number of aliphatic hydroxyl groups excluding tert-OH is 4. The monoisotopic (exact) mass is 2140 g/mol. The molecule has 20 amide bonds. The first-order valence-electron chi connectivity index (χ1n) is 49.4. The zero-order chi connectivity index (χ0) is 113. The van der Waals surface area contributed by atoms with E-state index in [1.807, 2.05) is 0 Å². The molecule has 150 heavy (non-hydrogen) atoms. The molecule has 0 radical (unpaired) electrons. The fourth-order valence-electron chi connectivity index (χ4n) is 14.6. The zero-order valence-corrected chi connectivity index (χ0v) is 86.4. The first-order chi connectivity index (χ1) is 71.0. The lowest BCUT2D eigenvalue weighted by Crippen LogP contribution is -2.62. The molecule has 19 atom stereocenters. The van der Waals surface area contributed by atoms with Crippen molar-refractivity contribution in [1.82, 2.24) is 106 Å². The summed E-state index contributed by atoms with van der Waals surface area (Å²) in [4.78, 5) is 290. The smallest absolute Gasteiger partial charge is 0.326 e. The number of nitrogens with one attached hydrogen (secondary N) is 22. The number of carboxylic acid groups (broad SMARTS) is 1. The maximum atomic E-state index is 14.6. The molecule has 2 aromatic carbocycles. The highest BCUT2D eigenvalue weighted by molar-refractivity contribution is 7.98. The number of carboxylic acids is 1. The number of unbranched alkanes of at least 4 members (excludes halogenated alkanes) is 3. The standard InChI is InChI=1S/C93H156N30O26S/c1-8-23-56(110-86(143)66(44-69(99)129)119-79(136)60(32-22-40-105-93(102)103)114-84(141)64(117-76(133)55(97)47-124)42-53-24-11-9-12-25-53)82(139)122-72(49(2)3)88(145)106-46-71(131)121-73(51(5)126)89(146)107-45-70(130)109-62(35-41-150-7)81(138)111-57(28-15-18-36-94)78(135)112-58(29-16-19-37-95)83(140)123-74(52(6)127)90(147)120-67(48-125)87(144)118-65(43-54-26-13-10-14-27-54)85(142)115-61(33-34-68(98)128)80(137)113-59(31-21-39-104-92(100)101)77(134)108-50(4)75(132)116-63(91(148)149)30-17-20-38-96/h9-14,24-27,49-52,55-67,72-74,124-127H,8,15-23,28-48,94-97H2,1-7H3,(H2,98,128)(H2,99,129)(H,106,145)(H,107,146)(H,108,134)(H,109,130)(H,110,143)(H,111,138)(H,112,135)(H,113,137)(H,114,141)(H,115,142)(H,116,132)(H,117,133)(H,118,144)(H,119,136)(H,120,147)(H,121,131)(H,122,139)(H,123,140)(H,148,149)(H4,100,101,104)(H4,102,103,105)/t50-,51+,52+,55-,56+,57-,58-,59-,60-,61-,62-,63-,64-,65-,66-,67-,72-,73-,74-/m0/s1. The lowest BCUT2D eigenvalue weighted by molar-refractivity contribution is -0.142. The topological polar surface area (TPSA) is 956 Å². The zero-order valence-electron chi connectivity index (χ0n) is 85.6. The number of hydrogen-bond acceptors (Lipinski definition) is 32. The minimum atomic E-state index is -2.00. The number of benzene rings is 2. The van der Waals surface area contributed by atoms with Gasteiger partial charge in [0.25, 0.3) is 0 Å². The van der Waals surface area contributed by atoms with Gasteiger partial charge in [-0.05, 0) is 172 Å². The lowest BCUT2D eigenvalue weighted by Gasteiger charge is -2.28. The Labute approximate surface area is 873 Å². The van der Waals surface area contributed by atoms with Gasteiger partial charge in [0.15, 0.2) is 11.9 Å². The van der Waals surface area contributed by atoms with Crippen molar-refractivity contribution in [2.24, 2.45) is 51.8 Å². The predicted molar refractivity (Wildman–Crippen MR) is 548 cm³/mol. The van der Waals surface area contributed by atoms with Gasteiger partial charge in [0.1, 0.15) is 103 Å². The Hall–Kier alpha value is -14.1. The first-order valence-corrected chi connectivity index (χ1v) is 50.7. The van der Waals surface area contributed by atoms with Crippen LogP contribution in [0, 0.1) is 16.7 Å². The number of nitrogens with two attached hydrogens (primary N) is 8. The number of aliphatic hydroxyl groups is 4. The SMILES string of the molecule is CCC[C@@H](NC(=O)[C@H](CC(N)=O)NC(=O)[C@H](CCCNC(=N)N)NC(=O)[C@H](Cc1ccccc1)NC(=O)[C@@H](N)CO)C(=O)N[C@H](C(=O)NCC(=O)N[C@H](C(=O)NCC(=O)N[C@@H](CCSC)C(=O)N[C@@H](CCCCN)C(=O)N[C@@H](CCCCN)C(=O)N[C@H](C(=O)N[C@@H](CO)C(=O)N[C@@H](Cc1ccccc1)C(=O)N[C@@H](CCC(N)=O)C(=O)N[C@@H](CCCNC(=N)N)C(=O)N[C@@H](C)C(=O)N[C@@H](CCCCN)C(=O)O)[C@@H](C)O)[C@@H](C)O)C(C)C. The quantitative estimate of drug-likeness (QED) is 0.0166. The Morgan fingerprint density at radius 2 is 0.673 bits per heavy atom. The van der Waals surface area contributed by atoms with Crippen molar-refractivity contribution in [2.45, 2.75) is 291 Å². The number of rotatable bonds is 76. The van der Waals surface area contributed by atoms with Crippen LogP contribution in [0.15, 0.2) is 60.7 Å². The molecule has 0 aromatic heterocycles. The third-order valence-corrected chi connectivity index (χ3v) is 23.6. The number of amides is 20. The summed E-state index contributed by atoms with van der Waals surface area (Å²) >= 11 is 1.25. The van der Waals surface area contributed by atoms with Gasteiger partial charge in [0, 0.05) is 32.4 Å². The van der Waals surface area contributed by atoms with Crippen LogP contribution in [0.25, 0.3) is 0 Å². The second-order valence-corrected chi connectivity index (χ2v) is 36.9. The molecule has 0 saturated carbocycles. The third kappa shape index (κ3) is 52.2. The van der Waals surface area contributed by atoms with Crippen LogP contribution in [0.4, 0.5) is 0 Å². The summed E-state index contributed by atoms with van der Waals surface area (Å²) in [6.45, 7) is 4.80. The Morgan fingerprint density at radius 1 is 0.340 bits per heavy atom. The number of hydrogen-bond donors (Lipinski definition) is 35. The van der Waals surface area contributed by atoms with Gasteiger partial charge in [-0.2, -0.15) is 11.8 Å². The second kappa shape index (κ2) is 72.3. The van der Waals surface area contributed by atoms with Gasteiger partial charge < -0.3 is 178 Å². The summed E-state index contributed by atoms with van der Waals surface area (Å²) in [6.07, 6.45) is -3.12. The highest BCUT2D eigenvalue weighted by atomic mass is 32.2. The molecular weight excluding hydrogens is 1990 g/mol. The van der Waals surface area contributed by atoms with Gasteiger partial charge in [0.05, 0.1) is 44.9 Å². The van der Waals surface area contributed by atoms with E-state index in [0.717, 1.165) is 13.8 Å². The van der Waals surface area contributed by atoms with Crippen molar-refractivity contribution >= 4 is 148 Å². The summed E-state index contributed by atoms with van der Waals surface area (Å²) in [5.74, 6) is -23.6.